The fraction of sp³-hybridized carbons (Fsp3) is 0.900. The molecule has 1 heterocycles. The third-order valence-electron chi connectivity index (χ3n) is 2.25. The van der Waals surface area contributed by atoms with E-state index in [9.17, 15) is 4.79 Å². The number of nitrogens with two attached hydrogens (primary N) is 1. The summed E-state index contributed by atoms with van der Waals surface area (Å²) >= 11 is 0. The maximum absolute atomic E-state index is 11.6. The molecule has 1 fully saturated rings. The quantitative estimate of drug-likeness (QED) is 0.665. The Morgan fingerprint density at radius 3 is 2.57 bits per heavy atom. The van der Waals surface area contributed by atoms with Crippen LogP contribution in [0, 0.1) is 11.3 Å². The summed E-state index contributed by atoms with van der Waals surface area (Å²) in [5, 5.41) is 2.90. The zero-order valence-corrected chi connectivity index (χ0v) is 9.17. The minimum Gasteiger partial charge on any atom is -0.379 e. The molecule has 3 N–H and O–H groups in total. The average molecular weight is 200 g/mol. The number of amides is 1. The van der Waals surface area contributed by atoms with Gasteiger partial charge in [0.15, 0.2) is 0 Å². The predicted octanol–water partition coefficient (Wildman–Crippen LogP) is 0.122. The van der Waals surface area contributed by atoms with Crippen molar-refractivity contribution in [2.75, 3.05) is 19.8 Å². The Kier molecular flexibility index (Phi) is 3.50. The van der Waals surface area contributed by atoms with Crippen molar-refractivity contribution in [3.05, 3.63) is 0 Å². The second-order valence-corrected chi connectivity index (χ2v) is 5.09. The predicted molar refractivity (Wildman–Crippen MR) is 54.7 cm³/mol. The largest absolute Gasteiger partial charge is 0.379 e. The first-order chi connectivity index (χ1) is 6.40. The van der Waals surface area contributed by atoms with Crippen LogP contribution in [0.4, 0.5) is 0 Å². The van der Waals surface area contributed by atoms with Crippen molar-refractivity contribution < 1.29 is 9.53 Å². The molecule has 0 saturated carbocycles. The molecule has 0 radical (unpaired) electrons. The molecular weight excluding hydrogens is 180 g/mol. The van der Waals surface area contributed by atoms with E-state index in [0.717, 1.165) is 0 Å². The summed E-state index contributed by atoms with van der Waals surface area (Å²) in [5.74, 6) is -0.151. The Hall–Kier alpha value is -0.610. The first kappa shape index (κ1) is 11.5. The highest BCUT2D eigenvalue weighted by atomic mass is 16.5. The molecule has 2 atom stereocenters. The molecule has 0 spiro atoms. The average Bonchev–Trinajstić information content (AvgIpc) is 2.46. The molecular formula is C10H20N2O2. The van der Waals surface area contributed by atoms with E-state index >= 15 is 0 Å². The lowest BCUT2D eigenvalue weighted by molar-refractivity contribution is -0.125. The molecule has 0 aromatic rings. The number of rotatable bonds is 2. The molecule has 4 nitrogen and oxygen atoms in total. The van der Waals surface area contributed by atoms with Gasteiger partial charge in [-0.15, -0.1) is 0 Å². The van der Waals surface area contributed by atoms with Gasteiger partial charge in [0.25, 0.3) is 0 Å². The Balaban J connectivity index is 2.35. The summed E-state index contributed by atoms with van der Waals surface area (Å²) in [6.45, 7) is 7.87. The van der Waals surface area contributed by atoms with Crippen molar-refractivity contribution in [3.8, 4) is 0 Å². The molecule has 1 aliphatic heterocycles. The second-order valence-electron chi connectivity index (χ2n) is 5.09. The van der Waals surface area contributed by atoms with Crippen LogP contribution in [0.25, 0.3) is 0 Å². The van der Waals surface area contributed by atoms with E-state index in [1.54, 1.807) is 0 Å². The second kappa shape index (κ2) is 4.28. The van der Waals surface area contributed by atoms with Gasteiger partial charge >= 0.3 is 0 Å². The number of hydrogen-bond acceptors (Lipinski definition) is 3. The van der Waals surface area contributed by atoms with E-state index in [1.165, 1.54) is 0 Å². The lowest BCUT2D eigenvalue weighted by Gasteiger charge is -2.21. The van der Waals surface area contributed by atoms with Gasteiger partial charge in [-0.3, -0.25) is 4.79 Å². The van der Waals surface area contributed by atoms with Crippen LogP contribution < -0.4 is 11.1 Å². The molecule has 1 aliphatic rings. The molecule has 1 rings (SSSR count). The SMILES string of the molecule is CC(C)(C)CNC(=O)[C@H]1COC[C@H]1N. The Bertz CT molecular complexity index is 211. The van der Waals surface area contributed by atoms with Gasteiger partial charge in [0.2, 0.25) is 5.91 Å². The van der Waals surface area contributed by atoms with Gasteiger partial charge in [0, 0.05) is 12.6 Å². The molecule has 82 valence electrons. The molecule has 0 aliphatic carbocycles. The fourth-order valence-electron chi connectivity index (χ4n) is 1.32. The molecule has 0 aromatic heterocycles. The third-order valence-corrected chi connectivity index (χ3v) is 2.25. The lowest BCUT2D eigenvalue weighted by atomic mass is 9.96. The van der Waals surface area contributed by atoms with Gasteiger partial charge in [-0.25, -0.2) is 0 Å². The van der Waals surface area contributed by atoms with Gasteiger partial charge in [-0.1, -0.05) is 20.8 Å². The van der Waals surface area contributed by atoms with E-state index in [4.69, 9.17) is 10.5 Å². The maximum atomic E-state index is 11.6. The van der Waals surface area contributed by atoms with Crippen LogP contribution >= 0.6 is 0 Å². The molecule has 0 bridgehead atoms. The van der Waals surface area contributed by atoms with Crippen LogP contribution in [-0.2, 0) is 9.53 Å². The number of carbonyl (C=O) groups excluding carboxylic acids is 1. The monoisotopic (exact) mass is 200 g/mol. The van der Waals surface area contributed by atoms with Crippen molar-refractivity contribution in [2.45, 2.75) is 26.8 Å². The van der Waals surface area contributed by atoms with E-state index in [0.29, 0.717) is 19.8 Å². The number of nitrogens with one attached hydrogen (secondary N) is 1. The highest BCUT2D eigenvalue weighted by Gasteiger charge is 2.31. The number of carbonyl (C=O) groups is 1. The fourth-order valence-corrected chi connectivity index (χ4v) is 1.32. The first-order valence-electron chi connectivity index (χ1n) is 5.01. The maximum Gasteiger partial charge on any atom is 0.227 e. The van der Waals surface area contributed by atoms with E-state index in [1.807, 2.05) is 0 Å². The summed E-state index contributed by atoms with van der Waals surface area (Å²) < 4.78 is 5.14. The zero-order valence-electron chi connectivity index (χ0n) is 9.17. The summed E-state index contributed by atoms with van der Waals surface area (Å²) in [5.41, 5.74) is 5.84. The smallest absolute Gasteiger partial charge is 0.227 e. The van der Waals surface area contributed by atoms with Gasteiger partial charge in [0.1, 0.15) is 0 Å². The molecule has 0 aromatic carbocycles. The summed E-state index contributed by atoms with van der Waals surface area (Å²) in [4.78, 5) is 11.6. The molecule has 1 amide bonds. The minimum absolute atomic E-state index is 0.0184. The molecule has 4 heteroatoms. The van der Waals surface area contributed by atoms with Crippen molar-refractivity contribution in [1.29, 1.82) is 0 Å². The normalized spacial score (nSPS) is 27.7. The van der Waals surface area contributed by atoms with E-state index < -0.39 is 0 Å². The Morgan fingerprint density at radius 2 is 2.14 bits per heavy atom. The van der Waals surface area contributed by atoms with Crippen LogP contribution in [0.1, 0.15) is 20.8 Å². The minimum atomic E-state index is -0.169. The molecule has 14 heavy (non-hydrogen) atoms. The Morgan fingerprint density at radius 1 is 1.50 bits per heavy atom. The van der Waals surface area contributed by atoms with Crippen molar-refractivity contribution in [2.24, 2.45) is 17.1 Å². The van der Waals surface area contributed by atoms with Gasteiger partial charge in [-0.05, 0) is 5.41 Å². The zero-order chi connectivity index (χ0) is 10.8. The van der Waals surface area contributed by atoms with E-state index in [2.05, 4.69) is 26.1 Å². The van der Waals surface area contributed by atoms with E-state index in [-0.39, 0.29) is 23.3 Å². The van der Waals surface area contributed by atoms with Crippen LogP contribution in [0.15, 0.2) is 0 Å². The van der Waals surface area contributed by atoms with Crippen LogP contribution in [0.2, 0.25) is 0 Å². The summed E-state index contributed by atoms with van der Waals surface area (Å²) in [6.07, 6.45) is 0. The van der Waals surface area contributed by atoms with Crippen LogP contribution in [0.5, 0.6) is 0 Å². The Labute approximate surface area is 85.2 Å². The standard InChI is InChI=1S/C10H20N2O2/c1-10(2,3)6-12-9(13)7-4-14-5-8(7)11/h7-8H,4-6,11H2,1-3H3,(H,12,13)/t7-,8+/m0/s1. The van der Waals surface area contributed by atoms with Crippen molar-refractivity contribution >= 4 is 5.91 Å². The van der Waals surface area contributed by atoms with Gasteiger partial charge in [0.05, 0.1) is 19.1 Å². The molecule has 1 saturated heterocycles. The highest BCUT2D eigenvalue weighted by molar-refractivity contribution is 5.79. The van der Waals surface area contributed by atoms with Gasteiger partial charge in [-0.2, -0.15) is 0 Å². The van der Waals surface area contributed by atoms with Crippen LogP contribution in [0.3, 0.4) is 0 Å². The third kappa shape index (κ3) is 3.27. The summed E-state index contributed by atoms with van der Waals surface area (Å²) in [6, 6.07) is -0.144. The number of ether oxygens (including phenoxy) is 1. The highest BCUT2D eigenvalue weighted by Crippen LogP contribution is 2.14. The lowest BCUT2D eigenvalue weighted by Crippen LogP contribution is -2.43. The van der Waals surface area contributed by atoms with Gasteiger partial charge < -0.3 is 15.8 Å². The van der Waals surface area contributed by atoms with Crippen molar-refractivity contribution in [1.82, 2.24) is 5.32 Å². The molecule has 0 unspecified atom stereocenters. The number of hydrogen-bond donors (Lipinski definition) is 2. The van der Waals surface area contributed by atoms with Crippen molar-refractivity contribution in [3.63, 3.8) is 0 Å². The summed E-state index contributed by atoms with van der Waals surface area (Å²) in [7, 11) is 0. The first-order valence-corrected chi connectivity index (χ1v) is 5.01. The topological polar surface area (TPSA) is 64.3 Å². The van der Waals surface area contributed by atoms with Crippen LogP contribution in [-0.4, -0.2) is 31.7 Å².